The van der Waals surface area contributed by atoms with Crippen molar-refractivity contribution >= 4 is 12.6 Å². The van der Waals surface area contributed by atoms with Gasteiger partial charge in [0.1, 0.15) is 5.75 Å². The molecular weight excluding hydrogens is 291 g/mol. The number of methoxy groups -OCH3 is 1. The quantitative estimate of drug-likeness (QED) is 0.803. The Morgan fingerprint density at radius 2 is 1.83 bits per heavy atom. The van der Waals surface area contributed by atoms with Gasteiger partial charge in [0.05, 0.1) is 24.9 Å². The molecule has 1 aromatic carbocycles. The highest BCUT2D eigenvalue weighted by atomic mass is 16.7. The van der Waals surface area contributed by atoms with Crippen LogP contribution < -0.4 is 10.2 Å². The molecule has 0 radical (unpaired) electrons. The van der Waals surface area contributed by atoms with E-state index in [1.54, 1.807) is 7.11 Å². The zero-order valence-electron chi connectivity index (χ0n) is 14.8. The van der Waals surface area contributed by atoms with Crippen molar-refractivity contribution in [1.29, 1.82) is 0 Å². The van der Waals surface area contributed by atoms with Gasteiger partial charge in [-0.05, 0) is 63.7 Å². The summed E-state index contributed by atoms with van der Waals surface area (Å²) in [6, 6.07) is 6.20. The van der Waals surface area contributed by atoms with Crippen LogP contribution in [0.5, 0.6) is 5.75 Å². The zero-order valence-corrected chi connectivity index (χ0v) is 14.8. The van der Waals surface area contributed by atoms with Gasteiger partial charge in [-0.1, -0.05) is 6.07 Å². The molecule has 4 nitrogen and oxygen atoms in total. The second kappa shape index (κ2) is 6.12. The van der Waals surface area contributed by atoms with E-state index in [-0.39, 0.29) is 18.3 Å². The van der Waals surface area contributed by atoms with E-state index in [4.69, 9.17) is 18.8 Å². The summed E-state index contributed by atoms with van der Waals surface area (Å²) in [6.45, 7) is 9.94. The van der Waals surface area contributed by atoms with Crippen molar-refractivity contribution in [3.63, 3.8) is 0 Å². The Balaban J connectivity index is 1.96. The number of hydrogen-bond donors (Lipinski definition) is 0. The van der Waals surface area contributed by atoms with Gasteiger partial charge in [0, 0.05) is 12.5 Å². The maximum Gasteiger partial charge on any atom is 0.495 e. The van der Waals surface area contributed by atoms with E-state index in [1.165, 1.54) is 5.56 Å². The third-order valence-electron chi connectivity index (χ3n) is 5.40. The molecule has 0 aromatic heterocycles. The van der Waals surface area contributed by atoms with Gasteiger partial charge in [-0.25, -0.2) is 0 Å². The van der Waals surface area contributed by atoms with E-state index < -0.39 is 0 Å². The Bertz CT molecular complexity index is 548. The highest BCUT2D eigenvalue weighted by molar-refractivity contribution is 6.62. The van der Waals surface area contributed by atoms with Gasteiger partial charge in [-0.15, -0.1) is 0 Å². The molecule has 0 amide bonds. The molecular formula is C18H27BO4. The van der Waals surface area contributed by atoms with E-state index in [9.17, 15) is 0 Å². The normalized spacial score (nSPS) is 26.3. The van der Waals surface area contributed by atoms with Gasteiger partial charge in [0.25, 0.3) is 0 Å². The van der Waals surface area contributed by atoms with Crippen molar-refractivity contribution in [2.75, 3.05) is 20.3 Å². The maximum atomic E-state index is 6.26. The highest BCUT2D eigenvalue weighted by Crippen LogP contribution is 2.38. The van der Waals surface area contributed by atoms with Crippen LogP contribution in [0, 0.1) is 0 Å². The van der Waals surface area contributed by atoms with Crippen molar-refractivity contribution < 1.29 is 18.8 Å². The van der Waals surface area contributed by atoms with Crippen molar-refractivity contribution in [3.8, 4) is 5.75 Å². The highest BCUT2D eigenvalue weighted by Gasteiger charge is 2.52. The van der Waals surface area contributed by atoms with Crippen LogP contribution in [-0.2, 0) is 14.0 Å². The zero-order chi connectivity index (χ0) is 16.7. The van der Waals surface area contributed by atoms with Gasteiger partial charge in [-0.2, -0.15) is 0 Å². The van der Waals surface area contributed by atoms with Crippen molar-refractivity contribution in [1.82, 2.24) is 0 Å². The van der Waals surface area contributed by atoms with E-state index in [1.807, 2.05) is 12.1 Å². The van der Waals surface area contributed by atoms with Crippen LogP contribution in [0.25, 0.3) is 0 Å². The Labute approximate surface area is 139 Å². The summed E-state index contributed by atoms with van der Waals surface area (Å²) >= 11 is 0. The molecule has 23 heavy (non-hydrogen) atoms. The van der Waals surface area contributed by atoms with E-state index in [0.717, 1.165) is 37.3 Å². The second-order valence-electron chi connectivity index (χ2n) is 7.50. The average molecular weight is 318 g/mol. The van der Waals surface area contributed by atoms with Gasteiger partial charge in [0.15, 0.2) is 0 Å². The first-order valence-corrected chi connectivity index (χ1v) is 8.45. The molecule has 2 aliphatic heterocycles. The maximum absolute atomic E-state index is 6.26. The van der Waals surface area contributed by atoms with Gasteiger partial charge >= 0.3 is 7.12 Å². The monoisotopic (exact) mass is 318 g/mol. The molecule has 5 heteroatoms. The van der Waals surface area contributed by atoms with Crippen LogP contribution in [0.3, 0.4) is 0 Å². The predicted octanol–water partition coefficient (Wildman–Crippen LogP) is 2.89. The molecule has 3 rings (SSSR count). The van der Waals surface area contributed by atoms with Gasteiger partial charge in [0.2, 0.25) is 0 Å². The molecule has 1 atom stereocenters. The minimum absolute atomic E-state index is 0.346. The molecule has 0 spiro atoms. The molecule has 2 aliphatic rings. The number of benzene rings is 1. The average Bonchev–Trinajstić information content (AvgIpc) is 2.75. The minimum atomic E-state index is -0.368. The first-order valence-electron chi connectivity index (χ1n) is 8.45. The lowest BCUT2D eigenvalue weighted by atomic mass is 9.72. The first kappa shape index (κ1) is 16.8. The van der Waals surface area contributed by atoms with Crippen LogP contribution in [0.2, 0.25) is 0 Å². The minimum Gasteiger partial charge on any atom is -0.497 e. The number of rotatable bonds is 3. The molecule has 2 heterocycles. The summed E-state index contributed by atoms with van der Waals surface area (Å²) in [5.74, 6) is 1.22. The molecule has 2 saturated heterocycles. The third-order valence-corrected chi connectivity index (χ3v) is 5.40. The summed E-state index contributed by atoms with van der Waals surface area (Å²) in [7, 11) is 1.32. The Morgan fingerprint density at radius 3 is 2.39 bits per heavy atom. The van der Waals surface area contributed by atoms with E-state index in [0.29, 0.717) is 5.92 Å². The summed E-state index contributed by atoms with van der Waals surface area (Å²) in [6.07, 6.45) is 2.23. The van der Waals surface area contributed by atoms with Crippen molar-refractivity contribution in [2.45, 2.75) is 57.7 Å². The molecule has 2 fully saturated rings. The topological polar surface area (TPSA) is 36.9 Å². The fourth-order valence-corrected chi connectivity index (χ4v) is 3.21. The van der Waals surface area contributed by atoms with Crippen LogP contribution in [0.1, 0.15) is 52.0 Å². The van der Waals surface area contributed by atoms with Crippen molar-refractivity contribution in [3.05, 3.63) is 23.8 Å². The smallest absolute Gasteiger partial charge is 0.495 e. The summed E-state index contributed by atoms with van der Waals surface area (Å²) in [5, 5.41) is 0. The second-order valence-corrected chi connectivity index (χ2v) is 7.50. The van der Waals surface area contributed by atoms with Gasteiger partial charge < -0.3 is 18.8 Å². The van der Waals surface area contributed by atoms with Gasteiger partial charge in [-0.3, -0.25) is 0 Å². The standard InChI is InChI=1S/C18H27BO4/c1-17(2)18(3,4)23-19(22-17)16-11-14(20-5)8-9-15(16)13-7-6-10-21-12-13/h8-9,11,13H,6-7,10,12H2,1-5H3. The fourth-order valence-electron chi connectivity index (χ4n) is 3.21. The molecule has 126 valence electrons. The van der Waals surface area contributed by atoms with Crippen LogP contribution >= 0.6 is 0 Å². The molecule has 1 aromatic rings. The largest absolute Gasteiger partial charge is 0.497 e. The molecule has 1 unspecified atom stereocenters. The lowest BCUT2D eigenvalue weighted by Gasteiger charge is -2.32. The molecule has 0 aliphatic carbocycles. The number of hydrogen-bond acceptors (Lipinski definition) is 4. The SMILES string of the molecule is COc1ccc(C2CCCOC2)c(B2OC(C)(C)C(C)(C)O2)c1. The molecule has 0 bridgehead atoms. The van der Waals surface area contributed by atoms with Crippen LogP contribution in [0.4, 0.5) is 0 Å². The predicted molar refractivity (Wildman–Crippen MR) is 91.5 cm³/mol. The Morgan fingerprint density at radius 1 is 1.13 bits per heavy atom. The lowest BCUT2D eigenvalue weighted by Crippen LogP contribution is -2.41. The Kier molecular flexibility index (Phi) is 4.47. The molecule has 0 N–H and O–H groups in total. The summed E-state index contributed by atoms with van der Waals surface area (Å²) in [4.78, 5) is 0. The van der Waals surface area contributed by atoms with Crippen molar-refractivity contribution in [2.24, 2.45) is 0 Å². The summed E-state index contributed by atoms with van der Waals surface area (Å²) in [5.41, 5.74) is 1.63. The van der Waals surface area contributed by atoms with Crippen LogP contribution in [0.15, 0.2) is 18.2 Å². The molecule has 0 saturated carbocycles. The fraction of sp³-hybridized carbons (Fsp3) is 0.667. The van der Waals surface area contributed by atoms with E-state index >= 15 is 0 Å². The Hall–Kier alpha value is -1.04. The van der Waals surface area contributed by atoms with Crippen LogP contribution in [-0.4, -0.2) is 38.6 Å². The third kappa shape index (κ3) is 3.15. The summed E-state index contributed by atoms with van der Waals surface area (Å²) < 4.78 is 23.6. The number of ether oxygens (including phenoxy) is 2. The van der Waals surface area contributed by atoms with E-state index in [2.05, 4.69) is 33.8 Å². The first-order chi connectivity index (χ1) is 10.8. The lowest BCUT2D eigenvalue weighted by molar-refractivity contribution is 0.00578.